The molecule has 0 aliphatic carbocycles. The van der Waals surface area contributed by atoms with E-state index in [0.717, 1.165) is 54.0 Å². The van der Waals surface area contributed by atoms with E-state index < -0.39 is 0 Å². The number of hydrogen-bond acceptors (Lipinski definition) is 6. The number of pyridine rings is 2. The van der Waals surface area contributed by atoms with Crippen molar-refractivity contribution in [1.29, 1.82) is 0 Å². The number of aromatic nitrogens is 5. The number of thiazole rings is 1. The molecule has 0 unspecified atom stereocenters. The fourth-order valence-electron chi connectivity index (χ4n) is 4.35. The third-order valence-corrected chi connectivity index (χ3v) is 7.00. The molecular weight excluding hydrogens is 450 g/mol. The molecule has 0 fully saturated rings. The highest BCUT2D eigenvalue weighted by Gasteiger charge is 2.16. The Morgan fingerprint density at radius 1 is 0.571 bits per heavy atom. The standard InChI is InChI=1S/C29H17N5S/c1-2-9-19(10-3-1)25-21-16-15-18-8-4-5-11-20(18)26(21)34-27(33-25)22-12-6-13-24(31-22)29-32-23-14-7-17-30-28(23)35-29/h1-17H. The second kappa shape index (κ2) is 8.04. The van der Waals surface area contributed by atoms with Crippen molar-refractivity contribution in [2.45, 2.75) is 0 Å². The lowest BCUT2D eigenvalue weighted by Gasteiger charge is -2.11. The van der Waals surface area contributed by atoms with Gasteiger partial charge in [0.2, 0.25) is 0 Å². The van der Waals surface area contributed by atoms with E-state index in [-0.39, 0.29) is 0 Å². The van der Waals surface area contributed by atoms with Crippen molar-refractivity contribution in [3.63, 3.8) is 0 Å². The first-order valence-corrected chi connectivity index (χ1v) is 12.1. The van der Waals surface area contributed by atoms with Crippen LogP contribution in [0.25, 0.3) is 65.5 Å². The molecule has 0 saturated carbocycles. The normalized spacial score (nSPS) is 11.4. The maximum absolute atomic E-state index is 5.03. The first-order chi connectivity index (χ1) is 17.3. The third-order valence-electron chi connectivity index (χ3n) is 6.00. The summed E-state index contributed by atoms with van der Waals surface area (Å²) in [6.45, 7) is 0. The van der Waals surface area contributed by atoms with E-state index in [9.17, 15) is 0 Å². The van der Waals surface area contributed by atoms with E-state index in [4.69, 9.17) is 19.9 Å². The summed E-state index contributed by atoms with van der Waals surface area (Å²) >= 11 is 1.53. The second-order valence-electron chi connectivity index (χ2n) is 8.20. The Bertz CT molecular complexity index is 1830. The highest BCUT2D eigenvalue weighted by Crippen LogP contribution is 2.34. The van der Waals surface area contributed by atoms with Crippen molar-refractivity contribution in [3.8, 4) is 33.5 Å². The summed E-state index contributed by atoms with van der Waals surface area (Å²) in [4.78, 5) is 25.0. The Hall–Kier alpha value is -4.55. The summed E-state index contributed by atoms with van der Waals surface area (Å²) in [6, 6.07) is 32.6. The summed E-state index contributed by atoms with van der Waals surface area (Å²) in [5, 5.41) is 4.09. The fourth-order valence-corrected chi connectivity index (χ4v) is 5.23. The molecule has 0 bridgehead atoms. The van der Waals surface area contributed by atoms with Gasteiger partial charge in [-0.1, -0.05) is 78.1 Å². The summed E-state index contributed by atoms with van der Waals surface area (Å²) < 4.78 is 0. The molecule has 0 N–H and O–H groups in total. The number of fused-ring (bicyclic) bond motifs is 4. The average molecular weight is 468 g/mol. The SMILES string of the molecule is c1ccc(-c2nc(-c3cccc(-c4nc5cccnc5s4)n3)nc3c2ccc2ccccc23)cc1. The molecule has 4 heterocycles. The van der Waals surface area contributed by atoms with Crippen LogP contribution in [0, 0.1) is 0 Å². The monoisotopic (exact) mass is 467 g/mol. The Kier molecular flexibility index (Phi) is 4.57. The van der Waals surface area contributed by atoms with Crippen LogP contribution in [0.15, 0.2) is 103 Å². The van der Waals surface area contributed by atoms with Gasteiger partial charge in [0.1, 0.15) is 21.0 Å². The Morgan fingerprint density at radius 3 is 2.34 bits per heavy atom. The lowest BCUT2D eigenvalue weighted by molar-refractivity contribution is 1.18. The third kappa shape index (κ3) is 3.43. The molecule has 5 nitrogen and oxygen atoms in total. The van der Waals surface area contributed by atoms with E-state index in [2.05, 4.69) is 41.4 Å². The van der Waals surface area contributed by atoms with Crippen LogP contribution >= 0.6 is 11.3 Å². The fraction of sp³-hybridized carbons (Fsp3) is 0. The molecule has 7 rings (SSSR count). The average Bonchev–Trinajstić information content (AvgIpc) is 3.37. The van der Waals surface area contributed by atoms with Gasteiger partial charge in [-0.05, 0) is 35.7 Å². The van der Waals surface area contributed by atoms with Crippen LogP contribution in [0.5, 0.6) is 0 Å². The van der Waals surface area contributed by atoms with Crippen LogP contribution in [0.1, 0.15) is 0 Å². The van der Waals surface area contributed by atoms with Crippen molar-refractivity contribution in [2.75, 3.05) is 0 Å². The molecule has 6 heteroatoms. The molecule has 0 spiro atoms. The minimum atomic E-state index is 0.591. The van der Waals surface area contributed by atoms with Crippen molar-refractivity contribution in [2.24, 2.45) is 0 Å². The van der Waals surface area contributed by atoms with E-state index in [1.807, 2.05) is 60.7 Å². The van der Waals surface area contributed by atoms with Crippen molar-refractivity contribution in [3.05, 3.63) is 103 Å². The van der Waals surface area contributed by atoms with Crippen LogP contribution in [0.4, 0.5) is 0 Å². The number of benzene rings is 3. The van der Waals surface area contributed by atoms with E-state index in [1.165, 1.54) is 11.3 Å². The van der Waals surface area contributed by atoms with Crippen LogP contribution in [0.3, 0.4) is 0 Å². The lowest BCUT2D eigenvalue weighted by atomic mass is 10.0. The zero-order valence-electron chi connectivity index (χ0n) is 18.5. The smallest absolute Gasteiger partial charge is 0.179 e. The van der Waals surface area contributed by atoms with Gasteiger partial charge in [0.05, 0.1) is 16.9 Å². The summed E-state index contributed by atoms with van der Waals surface area (Å²) in [5.74, 6) is 0.591. The first kappa shape index (κ1) is 19.9. The van der Waals surface area contributed by atoms with Crippen molar-refractivity contribution >= 4 is 43.4 Å². The number of hydrogen-bond donors (Lipinski definition) is 0. The highest BCUT2D eigenvalue weighted by atomic mass is 32.1. The molecule has 0 amide bonds. The second-order valence-corrected chi connectivity index (χ2v) is 9.18. The Labute approximate surface area is 204 Å². The molecule has 35 heavy (non-hydrogen) atoms. The quantitative estimate of drug-likeness (QED) is 0.257. The van der Waals surface area contributed by atoms with E-state index in [0.29, 0.717) is 11.5 Å². The van der Waals surface area contributed by atoms with Crippen LogP contribution in [0.2, 0.25) is 0 Å². The van der Waals surface area contributed by atoms with Crippen molar-refractivity contribution in [1.82, 2.24) is 24.9 Å². The number of rotatable bonds is 3. The lowest BCUT2D eigenvalue weighted by Crippen LogP contribution is -1.98. The van der Waals surface area contributed by atoms with Crippen LogP contribution < -0.4 is 0 Å². The van der Waals surface area contributed by atoms with E-state index in [1.54, 1.807) is 6.20 Å². The maximum Gasteiger partial charge on any atom is 0.179 e. The molecule has 3 aromatic carbocycles. The van der Waals surface area contributed by atoms with Crippen molar-refractivity contribution < 1.29 is 0 Å². The molecule has 0 atom stereocenters. The van der Waals surface area contributed by atoms with Crippen LogP contribution in [-0.2, 0) is 0 Å². The molecule has 0 radical (unpaired) electrons. The molecule has 4 aromatic heterocycles. The summed E-state index contributed by atoms with van der Waals surface area (Å²) in [5.41, 5.74) is 5.23. The van der Waals surface area contributed by atoms with Crippen LogP contribution in [-0.4, -0.2) is 24.9 Å². The minimum Gasteiger partial charge on any atom is -0.244 e. The predicted molar refractivity (Wildman–Crippen MR) is 142 cm³/mol. The summed E-state index contributed by atoms with van der Waals surface area (Å²) in [7, 11) is 0. The van der Waals surface area contributed by atoms with Gasteiger partial charge in [-0.2, -0.15) is 0 Å². The van der Waals surface area contributed by atoms with Gasteiger partial charge in [-0.25, -0.2) is 24.9 Å². The molecule has 0 aliphatic rings. The van der Waals surface area contributed by atoms with Gasteiger partial charge in [0.15, 0.2) is 5.82 Å². The highest BCUT2D eigenvalue weighted by molar-refractivity contribution is 7.21. The summed E-state index contributed by atoms with van der Waals surface area (Å²) in [6.07, 6.45) is 1.78. The predicted octanol–water partition coefficient (Wildman–Crippen LogP) is 7.18. The van der Waals surface area contributed by atoms with Gasteiger partial charge in [0, 0.05) is 22.5 Å². The zero-order chi connectivity index (χ0) is 23.2. The molecule has 164 valence electrons. The molecule has 7 aromatic rings. The number of nitrogens with zero attached hydrogens (tertiary/aromatic N) is 5. The first-order valence-electron chi connectivity index (χ1n) is 11.3. The van der Waals surface area contributed by atoms with E-state index >= 15 is 0 Å². The topological polar surface area (TPSA) is 64.5 Å². The minimum absolute atomic E-state index is 0.591. The molecule has 0 saturated heterocycles. The Balaban J connectivity index is 1.47. The maximum atomic E-state index is 5.03. The van der Waals surface area contributed by atoms with Gasteiger partial charge in [-0.3, -0.25) is 0 Å². The van der Waals surface area contributed by atoms with Gasteiger partial charge in [-0.15, -0.1) is 0 Å². The molecule has 0 aliphatic heterocycles. The van der Waals surface area contributed by atoms with Gasteiger partial charge >= 0.3 is 0 Å². The van der Waals surface area contributed by atoms with Gasteiger partial charge in [0.25, 0.3) is 0 Å². The zero-order valence-corrected chi connectivity index (χ0v) is 19.3. The largest absolute Gasteiger partial charge is 0.244 e. The Morgan fingerprint density at radius 2 is 1.43 bits per heavy atom. The molecular formula is C29H17N5S. The van der Waals surface area contributed by atoms with Gasteiger partial charge < -0.3 is 0 Å².